The van der Waals surface area contributed by atoms with Gasteiger partial charge < -0.3 is 9.63 Å². The summed E-state index contributed by atoms with van der Waals surface area (Å²) in [6, 6.07) is 1.28. The van der Waals surface area contributed by atoms with Gasteiger partial charge in [-0.1, -0.05) is 5.16 Å². The molecule has 0 aliphatic heterocycles. The maximum absolute atomic E-state index is 11.9. The molecule has 6 heteroatoms. The number of nitrogens with one attached hydrogen (secondary N) is 1. The van der Waals surface area contributed by atoms with E-state index in [-0.39, 0.29) is 11.9 Å². The number of anilines is 1. The molecular formula is C12H21N3O3. The van der Waals surface area contributed by atoms with E-state index in [4.69, 9.17) is 4.52 Å². The lowest BCUT2D eigenvalue weighted by atomic mass is 10.1. The smallest absolute Gasteiger partial charge is 0.243 e. The van der Waals surface area contributed by atoms with Crippen LogP contribution in [0.2, 0.25) is 0 Å². The number of hydrogen-bond acceptors (Lipinski definition) is 5. The molecule has 1 unspecified atom stereocenters. The lowest BCUT2D eigenvalue weighted by Crippen LogP contribution is -2.46. The Kier molecular flexibility index (Phi) is 4.48. The van der Waals surface area contributed by atoms with Crippen LogP contribution >= 0.6 is 0 Å². The number of rotatable bonds is 5. The molecule has 6 nitrogen and oxygen atoms in total. The van der Waals surface area contributed by atoms with Crippen LogP contribution in [0.3, 0.4) is 0 Å². The summed E-state index contributed by atoms with van der Waals surface area (Å²) in [5.41, 5.74) is -0.130. The number of amides is 1. The van der Waals surface area contributed by atoms with E-state index in [1.165, 1.54) is 0 Å². The first-order valence-electron chi connectivity index (χ1n) is 5.86. The van der Waals surface area contributed by atoms with Gasteiger partial charge in [0.25, 0.3) is 0 Å². The zero-order chi connectivity index (χ0) is 13.9. The largest absolute Gasteiger partial charge is 0.389 e. The Balaban J connectivity index is 2.56. The van der Waals surface area contributed by atoms with Crippen LogP contribution in [0.15, 0.2) is 10.6 Å². The number of aryl methyl sites for hydroxylation is 1. The highest BCUT2D eigenvalue weighted by Crippen LogP contribution is 2.11. The molecule has 1 atom stereocenters. The summed E-state index contributed by atoms with van der Waals surface area (Å²) in [5.74, 6) is 0.138. The Bertz CT molecular complexity index is 409. The van der Waals surface area contributed by atoms with Crippen LogP contribution < -0.4 is 5.32 Å². The van der Waals surface area contributed by atoms with E-state index in [1.54, 1.807) is 45.7 Å². The predicted octanol–water partition coefficient (Wildman–Crippen LogP) is 1.01. The molecule has 1 aromatic rings. The van der Waals surface area contributed by atoms with Crippen LogP contribution in [0.25, 0.3) is 0 Å². The molecule has 18 heavy (non-hydrogen) atoms. The van der Waals surface area contributed by atoms with Crippen LogP contribution in [0.5, 0.6) is 0 Å². The molecule has 102 valence electrons. The fraction of sp³-hybridized carbons (Fsp3) is 0.667. The second-order valence-electron chi connectivity index (χ2n) is 5.23. The third kappa shape index (κ3) is 4.46. The molecule has 0 spiro atoms. The van der Waals surface area contributed by atoms with Gasteiger partial charge in [0, 0.05) is 12.6 Å². The van der Waals surface area contributed by atoms with E-state index in [0.29, 0.717) is 18.1 Å². The number of carbonyl (C=O) groups is 1. The number of hydrogen-bond donors (Lipinski definition) is 2. The van der Waals surface area contributed by atoms with Crippen molar-refractivity contribution >= 4 is 11.8 Å². The molecule has 0 radical (unpaired) electrons. The van der Waals surface area contributed by atoms with Crippen LogP contribution in [0, 0.1) is 6.92 Å². The van der Waals surface area contributed by atoms with Crippen molar-refractivity contribution in [3.05, 3.63) is 11.8 Å². The highest BCUT2D eigenvalue weighted by Gasteiger charge is 2.24. The average molecular weight is 255 g/mol. The van der Waals surface area contributed by atoms with Gasteiger partial charge in [-0.3, -0.25) is 15.0 Å². The first-order chi connectivity index (χ1) is 8.19. The summed E-state index contributed by atoms with van der Waals surface area (Å²) in [4.78, 5) is 13.7. The van der Waals surface area contributed by atoms with Gasteiger partial charge in [0.05, 0.1) is 17.3 Å². The van der Waals surface area contributed by atoms with Gasteiger partial charge in [-0.2, -0.15) is 0 Å². The number of nitrogens with zero attached hydrogens (tertiary/aromatic N) is 2. The van der Waals surface area contributed by atoms with Gasteiger partial charge in [0.1, 0.15) is 0 Å². The maximum atomic E-state index is 11.9. The Morgan fingerprint density at radius 2 is 2.28 bits per heavy atom. The summed E-state index contributed by atoms with van der Waals surface area (Å²) in [5, 5.41) is 16.0. The molecular weight excluding hydrogens is 234 g/mol. The van der Waals surface area contributed by atoms with E-state index >= 15 is 0 Å². The van der Waals surface area contributed by atoms with E-state index in [0.717, 1.165) is 0 Å². The molecule has 0 fully saturated rings. The highest BCUT2D eigenvalue weighted by molar-refractivity contribution is 5.93. The lowest BCUT2D eigenvalue weighted by molar-refractivity contribution is -0.121. The molecule has 1 amide bonds. The van der Waals surface area contributed by atoms with E-state index < -0.39 is 5.60 Å². The topological polar surface area (TPSA) is 78.6 Å². The standard InChI is InChI=1S/C12H21N3O3/c1-8-6-10(18-14-8)13-11(16)9(2)15(5)7-12(3,4)17/h6,9,17H,7H2,1-5H3,(H,13,16). The van der Waals surface area contributed by atoms with Gasteiger partial charge in [0.15, 0.2) is 0 Å². The van der Waals surface area contributed by atoms with Crippen LogP contribution in [0.4, 0.5) is 5.88 Å². The van der Waals surface area contributed by atoms with E-state index in [2.05, 4.69) is 10.5 Å². The number of likely N-dealkylation sites (N-methyl/N-ethyl adjacent to an activating group) is 1. The second kappa shape index (κ2) is 5.49. The van der Waals surface area contributed by atoms with Crippen molar-refractivity contribution in [2.45, 2.75) is 39.3 Å². The van der Waals surface area contributed by atoms with Crippen LogP contribution in [0.1, 0.15) is 26.5 Å². The molecule has 1 heterocycles. The first kappa shape index (κ1) is 14.7. The SMILES string of the molecule is Cc1cc(NC(=O)C(C)N(C)CC(C)(C)O)on1. The third-order valence-electron chi connectivity index (χ3n) is 2.55. The average Bonchev–Trinajstić information content (AvgIpc) is 2.60. The van der Waals surface area contributed by atoms with Crippen molar-refractivity contribution in [1.82, 2.24) is 10.1 Å². The number of carbonyl (C=O) groups excluding carboxylic acids is 1. The van der Waals surface area contributed by atoms with Gasteiger partial charge in [-0.05, 0) is 34.7 Å². The zero-order valence-electron chi connectivity index (χ0n) is 11.5. The summed E-state index contributed by atoms with van der Waals surface area (Å²) < 4.78 is 4.92. The fourth-order valence-electron chi connectivity index (χ4n) is 1.60. The molecule has 0 aliphatic rings. The van der Waals surface area contributed by atoms with Crippen molar-refractivity contribution in [1.29, 1.82) is 0 Å². The molecule has 0 bridgehead atoms. The van der Waals surface area contributed by atoms with Crippen molar-refractivity contribution in [2.75, 3.05) is 18.9 Å². The summed E-state index contributed by atoms with van der Waals surface area (Å²) in [6.45, 7) is 7.35. The fourth-order valence-corrected chi connectivity index (χ4v) is 1.60. The maximum Gasteiger partial charge on any atom is 0.243 e. The summed E-state index contributed by atoms with van der Waals surface area (Å²) >= 11 is 0. The zero-order valence-corrected chi connectivity index (χ0v) is 11.5. The summed E-state index contributed by atoms with van der Waals surface area (Å²) in [7, 11) is 1.79. The van der Waals surface area contributed by atoms with Crippen molar-refractivity contribution < 1.29 is 14.4 Å². The van der Waals surface area contributed by atoms with Gasteiger partial charge in [-0.25, -0.2) is 0 Å². The molecule has 0 saturated heterocycles. The quantitative estimate of drug-likeness (QED) is 0.821. The molecule has 0 aliphatic carbocycles. The Morgan fingerprint density at radius 3 is 2.72 bits per heavy atom. The van der Waals surface area contributed by atoms with Crippen molar-refractivity contribution in [2.24, 2.45) is 0 Å². The van der Waals surface area contributed by atoms with Gasteiger partial charge in [-0.15, -0.1) is 0 Å². The molecule has 0 saturated carbocycles. The third-order valence-corrected chi connectivity index (χ3v) is 2.55. The molecule has 1 aromatic heterocycles. The summed E-state index contributed by atoms with van der Waals surface area (Å²) in [6.07, 6.45) is 0. The first-order valence-corrected chi connectivity index (χ1v) is 5.86. The molecule has 2 N–H and O–H groups in total. The van der Waals surface area contributed by atoms with E-state index in [1.807, 2.05) is 0 Å². The van der Waals surface area contributed by atoms with Crippen LogP contribution in [-0.2, 0) is 4.79 Å². The van der Waals surface area contributed by atoms with Crippen molar-refractivity contribution in [3.8, 4) is 0 Å². The second-order valence-corrected chi connectivity index (χ2v) is 5.23. The number of aromatic nitrogens is 1. The van der Waals surface area contributed by atoms with Gasteiger partial charge >= 0.3 is 0 Å². The van der Waals surface area contributed by atoms with E-state index in [9.17, 15) is 9.90 Å². The Labute approximate surface area is 107 Å². The number of aliphatic hydroxyl groups is 1. The highest BCUT2D eigenvalue weighted by atomic mass is 16.5. The Morgan fingerprint density at radius 1 is 1.67 bits per heavy atom. The predicted molar refractivity (Wildman–Crippen MR) is 68.3 cm³/mol. The van der Waals surface area contributed by atoms with Gasteiger partial charge in [0.2, 0.25) is 11.8 Å². The monoisotopic (exact) mass is 255 g/mol. The minimum absolute atomic E-state index is 0.196. The molecule has 0 aromatic carbocycles. The van der Waals surface area contributed by atoms with Crippen molar-refractivity contribution in [3.63, 3.8) is 0 Å². The minimum atomic E-state index is -0.841. The minimum Gasteiger partial charge on any atom is -0.389 e. The Hall–Kier alpha value is -1.40. The normalized spacial score (nSPS) is 13.7. The lowest BCUT2D eigenvalue weighted by Gasteiger charge is -2.29. The molecule has 1 rings (SSSR count). The van der Waals surface area contributed by atoms with Crippen LogP contribution in [-0.4, -0.2) is 46.3 Å².